The molecule has 0 aliphatic rings. The van der Waals surface area contributed by atoms with Gasteiger partial charge in [0.2, 0.25) is 0 Å². The van der Waals surface area contributed by atoms with Crippen LogP contribution >= 0.6 is 0 Å². The van der Waals surface area contributed by atoms with Gasteiger partial charge in [0.25, 0.3) is 0 Å². The SMILES string of the molecule is O=C(O)c1cccc2ccccc12.[Fr]. The Morgan fingerprint density at radius 1 is 1.00 bits per heavy atom. The number of rotatable bonds is 1. The molecule has 0 unspecified atom stereocenters. The average Bonchev–Trinajstić information content (AvgIpc) is 2.17. The number of hydrogen-bond donors (Lipinski definition) is 1. The van der Waals surface area contributed by atoms with Crippen LogP contribution in [0.25, 0.3) is 10.8 Å². The Hall–Kier alpha value is -0.233. The number of fused-ring (bicyclic) bond motifs is 1. The van der Waals surface area contributed by atoms with Gasteiger partial charge in [-0.1, -0.05) is 36.4 Å². The van der Waals surface area contributed by atoms with E-state index >= 15 is 0 Å². The zero-order valence-electron chi connectivity index (χ0n) is 7.90. The summed E-state index contributed by atoms with van der Waals surface area (Å²) < 4.78 is 0. The fourth-order valence-electron chi connectivity index (χ4n) is 1.41. The second-order valence-electron chi connectivity index (χ2n) is 2.83. The third-order valence-electron chi connectivity index (χ3n) is 2.02. The second-order valence-corrected chi connectivity index (χ2v) is 2.83. The summed E-state index contributed by atoms with van der Waals surface area (Å²) in [5, 5.41) is 10.6. The molecule has 14 heavy (non-hydrogen) atoms. The molecule has 2 rings (SSSR count). The van der Waals surface area contributed by atoms with Gasteiger partial charge in [-0.15, -0.1) is 0 Å². The molecule has 1 N–H and O–H groups in total. The third-order valence-corrected chi connectivity index (χ3v) is 2.02. The van der Waals surface area contributed by atoms with Crippen molar-refractivity contribution in [2.24, 2.45) is 0 Å². The van der Waals surface area contributed by atoms with E-state index in [1.54, 1.807) is 12.1 Å². The third kappa shape index (κ3) is 2.22. The quantitative estimate of drug-likeness (QED) is 0.806. The summed E-state index contributed by atoms with van der Waals surface area (Å²) in [5.74, 6) is -0.878. The van der Waals surface area contributed by atoms with Crippen molar-refractivity contribution < 1.29 is 59.8 Å². The van der Waals surface area contributed by atoms with Gasteiger partial charge in [-0.2, -0.15) is 0 Å². The molecule has 0 bridgehead atoms. The normalized spacial score (nSPS) is 9.43. The molecule has 0 saturated heterocycles. The van der Waals surface area contributed by atoms with E-state index in [9.17, 15) is 4.79 Å². The fourth-order valence-corrected chi connectivity index (χ4v) is 1.41. The topological polar surface area (TPSA) is 37.3 Å². The fraction of sp³-hybridized carbons (Fsp3) is 0. The van der Waals surface area contributed by atoms with Gasteiger partial charge in [-0.3, -0.25) is 0 Å². The smallest absolute Gasteiger partial charge is 0.336 e. The van der Waals surface area contributed by atoms with E-state index in [2.05, 4.69) is 0 Å². The maximum Gasteiger partial charge on any atom is 0.336 e. The molecule has 2 aromatic carbocycles. The molecule has 3 heteroatoms. The van der Waals surface area contributed by atoms with E-state index in [-0.39, 0.29) is 49.9 Å². The first-order valence-electron chi connectivity index (χ1n) is 4.00. The minimum absolute atomic E-state index is 0. The van der Waals surface area contributed by atoms with Crippen molar-refractivity contribution in [3.8, 4) is 0 Å². The molecular formula is C11H8FrO2. The molecule has 0 aromatic heterocycles. The minimum atomic E-state index is -0.878. The number of carbonyl (C=O) groups is 1. The van der Waals surface area contributed by atoms with Crippen LogP contribution in [-0.2, 0) is 0 Å². The number of carboxylic acids is 1. The van der Waals surface area contributed by atoms with Crippen LogP contribution in [0.1, 0.15) is 10.4 Å². The summed E-state index contributed by atoms with van der Waals surface area (Å²) in [6.45, 7) is 0. The van der Waals surface area contributed by atoms with Gasteiger partial charge < -0.3 is 5.11 Å². The maximum absolute atomic E-state index is 10.8. The van der Waals surface area contributed by atoms with Crippen molar-refractivity contribution in [2.45, 2.75) is 0 Å². The predicted molar refractivity (Wildman–Crippen MR) is 50.9 cm³/mol. The molecule has 0 aliphatic carbocycles. The maximum atomic E-state index is 10.8. The van der Waals surface area contributed by atoms with Crippen molar-refractivity contribution in [1.82, 2.24) is 0 Å². The van der Waals surface area contributed by atoms with Crippen LogP contribution in [0.4, 0.5) is 0 Å². The summed E-state index contributed by atoms with van der Waals surface area (Å²) in [5.41, 5.74) is 0.359. The van der Waals surface area contributed by atoms with Crippen molar-refractivity contribution in [3.05, 3.63) is 48.0 Å². The van der Waals surface area contributed by atoms with E-state index in [4.69, 9.17) is 5.11 Å². The first-order valence-corrected chi connectivity index (χ1v) is 4.00. The Balaban J connectivity index is 0.000000980. The summed E-state index contributed by atoms with van der Waals surface area (Å²) in [4.78, 5) is 10.8. The van der Waals surface area contributed by atoms with Crippen molar-refractivity contribution >= 4 is 16.7 Å². The van der Waals surface area contributed by atoms with E-state index in [0.29, 0.717) is 5.56 Å². The van der Waals surface area contributed by atoms with Crippen LogP contribution in [-0.4, -0.2) is 11.1 Å². The average molecular weight is 395 g/mol. The van der Waals surface area contributed by atoms with Gasteiger partial charge in [0, 0.05) is 49.9 Å². The zero-order chi connectivity index (χ0) is 9.26. The molecule has 2 nitrogen and oxygen atoms in total. The van der Waals surface area contributed by atoms with Gasteiger partial charge in [-0.25, -0.2) is 4.79 Å². The molecule has 0 atom stereocenters. The molecule has 65 valence electrons. The first kappa shape index (κ1) is 11.8. The number of benzene rings is 2. The van der Waals surface area contributed by atoms with Crippen LogP contribution in [0.15, 0.2) is 42.5 Å². The number of carboxylic acid groups (broad SMARTS) is 1. The van der Waals surface area contributed by atoms with Gasteiger partial charge >= 0.3 is 5.97 Å². The van der Waals surface area contributed by atoms with Crippen LogP contribution in [0.2, 0.25) is 0 Å². The van der Waals surface area contributed by atoms with Gasteiger partial charge in [0.05, 0.1) is 5.56 Å². The Morgan fingerprint density at radius 3 is 2.36 bits per heavy atom. The van der Waals surface area contributed by atoms with Gasteiger partial charge in [0.1, 0.15) is 0 Å². The molecule has 0 fully saturated rings. The molecule has 1 radical (unpaired) electrons. The van der Waals surface area contributed by atoms with E-state index in [0.717, 1.165) is 10.8 Å². The summed E-state index contributed by atoms with van der Waals surface area (Å²) in [7, 11) is 0. The molecule has 0 amide bonds. The standard InChI is InChI=1S/C11H8O2.Fr/c12-11(13)10-7-3-5-8-4-1-2-6-9(8)10;/h1-7H,(H,12,13);. The Morgan fingerprint density at radius 2 is 1.64 bits per heavy atom. The van der Waals surface area contributed by atoms with Crippen molar-refractivity contribution in [2.75, 3.05) is 0 Å². The first-order chi connectivity index (χ1) is 6.29. The molecular weight excluding hydrogens is 387 g/mol. The molecule has 0 heterocycles. The molecule has 0 saturated carbocycles. The zero-order valence-corrected chi connectivity index (χ0v) is 16.1. The summed E-state index contributed by atoms with van der Waals surface area (Å²) >= 11 is 0. The Kier molecular flexibility index (Phi) is 4.25. The predicted octanol–water partition coefficient (Wildman–Crippen LogP) is 2.54. The molecule has 0 spiro atoms. The largest absolute Gasteiger partial charge is 0.478 e. The Bertz CT molecular complexity index is 460. The molecule has 0 aliphatic heterocycles. The Labute approximate surface area is 123 Å². The summed E-state index contributed by atoms with van der Waals surface area (Å²) in [6, 6.07) is 12.7. The van der Waals surface area contributed by atoms with Crippen LogP contribution in [0.3, 0.4) is 0 Å². The monoisotopic (exact) mass is 395 g/mol. The van der Waals surface area contributed by atoms with Crippen molar-refractivity contribution in [3.63, 3.8) is 0 Å². The van der Waals surface area contributed by atoms with E-state index in [1.165, 1.54) is 0 Å². The van der Waals surface area contributed by atoms with Gasteiger partial charge in [0.15, 0.2) is 0 Å². The van der Waals surface area contributed by atoms with Crippen LogP contribution < -0.4 is 0 Å². The van der Waals surface area contributed by atoms with E-state index in [1.807, 2.05) is 30.3 Å². The van der Waals surface area contributed by atoms with Gasteiger partial charge in [-0.05, 0) is 16.8 Å². The van der Waals surface area contributed by atoms with Crippen LogP contribution in [0, 0.1) is 49.9 Å². The number of aromatic carboxylic acids is 1. The van der Waals surface area contributed by atoms with E-state index < -0.39 is 5.97 Å². The number of hydrogen-bond acceptors (Lipinski definition) is 1. The van der Waals surface area contributed by atoms with Crippen molar-refractivity contribution in [1.29, 1.82) is 0 Å². The minimum Gasteiger partial charge on any atom is -0.478 e. The molecule has 2 aromatic rings. The summed E-state index contributed by atoms with van der Waals surface area (Å²) in [6.07, 6.45) is 0. The second kappa shape index (κ2) is 5.02. The van der Waals surface area contributed by atoms with Crippen LogP contribution in [0.5, 0.6) is 0 Å².